The lowest BCUT2D eigenvalue weighted by molar-refractivity contribution is -0.169. The molecule has 0 unspecified atom stereocenters. The number of nitrogens with two attached hydrogens (primary N) is 1. The lowest BCUT2D eigenvalue weighted by Crippen LogP contribution is -2.44. The third kappa shape index (κ3) is 8.19. The highest BCUT2D eigenvalue weighted by Gasteiger charge is 2.39. The molecule has 0 heterocycles. The van der Waals surface area contributed by atoms with E-state index in [1.165, 1.54) is 23.1 Å². The predicted octanol–water partition coefficient (Wildman–Crippen LogP) is 6.24. The highest BCUT2D eigenvalue weighted by atomic mass is 35.5. The molecule has 200 valence electrons. The van der Waals surface area contributed by atoms with Gasteiger partial charge >= 0.3 is 5.97 Å². The molecule has 2 aromatic rings. The van der Waals surface area contributed by atoms with Crippen LogP contribution in [0.15, 0.2) is 36.4 Å². The van der Waals surface area contributed by atoms with E-state index in [-0.39, 0.29) is 27.8 Å². The van der Waals surface area contributed by atoms with Gasteiger partial charge < -0.3 is 15.4 Å². The number of rotatable bonds is 8. The maximum absolute atomic E-state index is 13.3. The third-order valence-corrected chi connectivity index (χ3v) is 6.54. The Hall–Kier alpha value is -2.61. The van der Waals surface area contributed by atoms with Crippen molar-refractivity contribution in [3.8, 4) is 0 Å². The minimum Gasteiger partial charge on any atom is -0.456 e. The Morgan fingerprint density at radius 3 is 1.95 bits per heavy atom. The highest BCUT2D eigenvalue weighted by Crippen LogP contribution is 2.36. The van der Waals surface area contributed by atoms with Crippen LogP contribution in [0.5, 0.6) is 0 Å². The molecule has 2 amide bonds. The summed E-state index contributed by atoms with van der Waals surface area (Å²) in [5, 5.41) is 0.645. The van der Waals surface area contributed by atoms with Gasteiger partial charge in [0.1, 0.15) is 6.10 Å². The summed E-state index contributed by atoms with van der Waals surface area (Å²) < 4.78 is 5.57. The van der Waals surface area contributed by atoms with Gasteiger partial charge in [0.15, 0.2) is 0 Å². The number of nitrogens with zero attached hydrogens (tertiary/aromatic N) is 1. The van der Waals surface area contributed by atoms with Gasteiger partial charge in [-0.2, -0.15) is 0 Å². The highest BCUT2D eigenvalue weighted by molar-refractivity contribution is 6.42. The number of primary amides is 1. The molecule has 37 heavy (non-hydrogen) atoms. The monoisotopic (exact) mass is 568 g/mol. The van der Waals surface area contributed by atoms with Crippen LogP contribution in [0.1, 0.15) is 63.9 Å². The summed E-state index contributed by atoms with van der Waals surface area (Å²) in [5.41, 5.74) is 5.42. The van der Waals surface area contributed by atoms with Gasteiger partial charge in [0, 0.05) is 5.69 Å². The van der Waals surface area contributed by atoms with Crippen LogP contribution in [0, 0.1) is 10.8 Å². The SMILES string of the molecule is CC(C)(C)C(OC(=O)C(=O)CC(=O)N(Cc1ccc(Cl)c(Cl)c1)c1ccc(C(N)=O)c(Cl)c1)C(C)(C)C. The van der Waals surface area contributed by atoms with E-state index in [0.29, 0.717) is 10.6 Å². The molecule has 0 saturated carbocycles. The molecule has 0 atom stereocenters. The van der Waals surface area contributed by atoms with E-state index in [1.807, 2.05) is 41.5 Å². The molecule has 7 nitrogen and oxygen atoms in total. The van der Waals surface area contributed by atoms with Crippen LogP contribution in [0.25, 0.3) is 0 Å². The number of halogens is 3. The van der Waals surface area contributed by atoms with Crippen molar-refractivity contribution in [1.82, 2.24) is 0 Å². The fourth-order valence-corrected chi connectivity index (χ4v) is 4.73. The number of ketones is 1. The standard InChI is InChI=1S/C27H31Cl3N2O5/c1-26(2,3)25(27(4,5)6)37-24(36)21(33)13-22(34)32(14-15-7-10-18(28)20(30)11-15)16-8-9-17(23(31)35)19(29)12-16/h7-12,25H,13-14H2,1-6H3,(H2,31,35). The molecule has 0 spiro atoms. The average molecular weight is 570 g/mol. The van der Waals surface area contributed by atoms with E-state index >= 15 is 0 Å². The summed E-state index contributed by atoms with van der Waals surface area (Å²) in [5.74, 6) is -3.48. The second-order valence-electron chi connectivity index (χ2n) is 10.9. The van der Waals surface area contributed by atoms with Gasteiger partial charge in [-0.25, -0.2) is 4.79 Å². The smallest absolute Gasteiger partial charge is 0.375 e. The first-order valence-electron chi connectivity index (χ1n) is 11.5. The first-order chi connectivity index (χ1) is 16.9. The number of benzene rings is 2. The minimum atomic E-state index is -1.08. The number of carbonyl (C=O) groups excluding carboxylic acids is 4. The average Bonchev–Trinajstić information content (AvgIpc) is 2.75. The molecule has 0 bridgehead atoms. The number of Topliss-reactive ketones (excluding diaryl/α,β-unsaturated/α-hetero) is 1. The van der Waals surface area contributed by atoms with Crippen molar-refractivity contribution in [3.05, 3.63) is 62.6 Å². The largest absolute Gasteiger partial charge is 0.456 e. The van der Waals surface area contributed by atoms with E-state index in [0.717, 1.165) is 0 Å². The molecule has 10 heteroatoms. The topological polar surface area (TPSA) is 107 Å². The Morgan fingerprint density at radius 1 is 0.865 bits per heavy atom. The lowest BCUT2D eigenvalue weighted by Gasteiger charge is -2.39. The number of carbonyl (C=O) groups is 4. The predicted molar refractivity (Wildman–Crippen MR) is 146 cm³/mol. The van der Waals surface area contributed by atoms with E-state index in [1.54, 1.807) is 18.2 Å². The van der Waals surface area contributed by atoms with Crippen molar-refractivity contribution < 1.29 is 23.9 Å². The van der Waals surface area contributed by atoms with Crippen molar-refractivity contribution in [1.29, 1.82) is 0 Å². The Bertz CT molecular complexity index is 1200. The fraction of sp³-hybridized carbons (Fsp3) is 0.407. The summed E-state index contributed by atoms with van der Waals surface area (Å²) in [6.45, 7) is 11.4. The van der Waals surface area contributed by atoms with Crippen molar-refractivity contribution in [2.75, 3.05) is 4.90 Å². The van der Waals surface area contributed by atoms with Gasteiger partial charge in [-0.1, -0.05) is 82.4 Å². The molecular formula is C27H31Cl3N2O5. The fourth-order valence-electron chi connectivity index (χ4n) is 4.15. The van der Waals surface area contributed by atoms with Gasteiger partial charge in [-0.15, -0.1) is 0 Å². The molecule has 2 N–H and O–H groups in total. The van der Waals surface area contributed by atoms with E-state index in [9.17, 15) is 19.2 Å². The van der Waals surface area contributed by atoms with Crippen LogP contribution in [0.3, 0.4) is 0 Å². The molecule has 2 rings (SSSR count). The number of amides is 2. The Morgan fingerprint density at radius 2 is 1.46 bits per heavy atom. The van der Waals surface area contributed by atoms with Crippen LogP contribution in [0.4, 0.5) is 5.69 Å². The van der Waals surface area contributed by atoms with Gasteiger partial charge in [0.2, 0.25) is 17.6 Å². The molecule has 0 aliphatic carbocycles. The zero-order chi connectivity index (χ0) is 28.3. The normalized spacial score (nSPS) is 11.8. The van der Waals surface area contributed by atoms with E-state index in [2.05, 4.69) is 0 Å². The summed E-state index contributed by atoms with van der Waals surface area (Å²) in [4.78, 5) is 51.7. The molecule has 0 radical (unpaired) electrons. The van der Waals surface area contributed by atoms with Crippen molar-refractivity contribution in [2.45, 2.75) is 60.6 Å². The van der Waals surface area contributed by atoms with Crippen LogP contribution in [0.2, 0.25) is 15.1 Å². The van der Waals surface area contributed by atoms with Gasteiger partial charge in [-0.3, -0.25) is 14.4 Å². The van der Waals surface area contributed by atoms with Crippen molar-refractivity contribution in [3.63, 3.8) is 0 Å². The molecule has 0 fully saturated rings. The third-order valence-electron chi connectivity index (χ3n) is 5.49. The number of anilines is 1. The zero-order valence-corrected chi connectivity index (χ0v) is 23.9. The summed E-state index contributed by atoms with van der Waals surface area (Å²) in [6, 6.07) is 9.06. The summed E-state index contributed by atoms with van der Waals surface area (Å²) in [7, 11) is 0. The zero-order valence-electron chi connectivity index (χ0n) is 21.7. The molecule has 0 saturated heterocycles. The van der Waals surface area contributed by atoms with Gasteiger partial charge in [0.25, 0.3) is 0 Å². The van der Waals surface area contributed by atoms with Crippen LogP contribution in [-0.4, -0.2) is 29.7 Å². The number of ether oxygens (including phenoxy) is 1. The van der Waals surface area contributed by atoms with Crippen molar-refractivity contribution in [2.24, 2.45) is 16.6 Å². The maximum Gasteiger partial charge on any atom is 0.375 e. The first kappa shape index (κ1) is 30.6. The van der Waals surface area contributed by atoms with Crippen LogP contribution in [-0.2, 0) is 25.7 Å². The second kappa shape index (κ2) is 11.8. The molecule has 2 aromatic carbocycles. The Kier molecular flexibility index (Phi) is 9.80. The summed E-state index contributed by atoms with van der Waals surface area (Å²) >= 11 is 18.3. The number of esters is 1. The Labute approximate surface area is 232 Å². The molecular weight excluding hydrogens is 539 g/mol. The van der Waals surface area contributed by atoms with E-state index < -0.39 is 46.9 Å². The Balaban J connectivity index is 2.35. The van der Waals surface area contributed by atoms with Gasteiger partial charge in [-0.05, 0) is 46.7 Å². The van der Waals surface area contributed by atoms with Gasteiger partial charge in [0.05, 0.1) is 33.6 Å². The quantitative estimate of drug-likeness (QED) is 0.230. The molecule has 0 aliphatic heterocycles. The van der Waals surface area contributed by atoms with E-state index in [4.69, 9.17) is 45.3 Å². The van der Waals surface area contributed by atoms with Crippen molar-refractivity contribution >= 4 is 64.1 Å². The molecule has 0 aliphatic rings. The maximum atomic E-state index is 13.3. The van der Waals surface area contributed by atoms with Crippen LogP contribution < -0.4 is 10.6 Å². The number of hydrogen-bond donors (Lipinski definition) is 1. The first-order valence-corrected chi connectivity index (χ1v) is 12.6. The minimum absolute atomic E-state index is 0.0170. The second-order valence-corrected chi connectivity index (χ2v) is 12.1. The number of hydrogen-bond acceptors (Lipinski definition) is 5. The molecule has 0 aromatic heterocycles. The summed E-state index contributed by atoms with van der Waals surface area (Å²) in [6.07, 6.45) is -1.31. The van der Waals surface area contributed by atoms with Crippen LogP contribution >= 0.6 is 34.8 Å². The lowest BCUT2D eigenvalue weighted by atomic mass is 9.74.